The third kappa shape index (κ3) is 3.68. The molecule has 4 rings (SSSR count). The SMILES string of the molecule is FC(F)(F)c1cc(NC2CCNCC2)c2c(c1)Sc1cc(Br)ccc1N2. The molecule has 2 aromatic rings. The Morgan fingerprint density at radius 1 is 1.08 bits per heavy atom. The number of alkyl halides is 3. The minimum atomic E-state index is -4.38. The number of benzene rings is 2. The predicted octanol–water partition coefficient (Wildman–Crippen LogP) is 5.84. The van der Waals surface area contributed by atoms with Crippen molar-refractivity contribution in [2.24, 2.45) is 0 Å². The molecule has 0 radical (unpaired) electrons. The average Bonchev–Trinajstić information content (AvgIpc) is 2.60. The summed E-state index contributed by atoms with van der Waals surface area (Å²) in [7, 11) is 0. The van der Waals surface area contributed by atoms with Crippen molar-refractivity contribution >= 4 is 44.8 Å². The topological polar surface area (TPSA) is 36.1 Å². The van der Waals surface area contributed by atoms with Crippen LogP contribution in [-0.2, 0) is 6.18 Å². The van der Waals surface area contributed by atoms with E-state index in [1.165, 1.54) is 23.9 Å². The highest BCUT2D eigenvalue weighted by Gasteiger charge is 2.34. The Bertz CT molecular complexity index is 835. The summed E-state index contributed by atoms with van der Waals surface area (Å²) < 4.78 is 41.1. The number of anilines is 3. The summed E-state index contributed by atoms with van der Waals surface area (Å²) >= 11 is 4.78. The summed E-state index contributed by atoms with van der Waals surface area (Å²) in [5.74, 6) is 0. The van der Waals surface area contributed by atoms with Crippen LogP contribution in [0.3, 0.4) is 0 Å². The van der Waals surface area contributed by atoms with Crippen LogP contribution in [0.15, 0.2) is 44.6 Å². The molecule has 3 N–H and O–H groups in total. The molecule has 1 saturated heterocycles. The van der Waals surface area contributed by atoms with E-state index >= 15 is 0 Å². The van der Waals surface area contributed by atoms with Crippen molar-refractivity contribution in [3.63, 3.8) is 0 Å². The van der Waals surface area contributed by atoms with Gasteiger partial charge in [-0.1, -0.05) is 27.7 Å². The summed E-state index contributed by atoms with van der Waals surface area (Å²) in [5, 5.41) is 9.93. The second kappa shape index (κ2) is 6.98. The van der Waals surface area contributed by atoms with E-state index in [4.69, 9.17) is 0 Å². The van der Waals surface area contributed by atoms with Gasteiger partial charge in [-0.15, -0.1) is 0 Å². The van der Waals surface area contributed by atoms with Gasteiger partial charge in [-0.3, -0.25) is 0 Å². The number of piperidine rings is 1. The molecule has 0 atom stereocenters. The van der Waals surface area contributed by atoms with Gasteiger partial charge in [0.2, 0.25) is 0 Å². The van der Waals surface area contributed by atoms with Gasteiger partial charge in [0.05, 0.1) is 22.6 Å². The molecular formula is C18H17BrF3N3S. The predicted molar refractivity (Wildman–Crippen MR) is 103 cm³/mol. The molecule has 0 saturated carbocycles. The average molecular weight is 444 g/mol. The lowest BCUT2D eigenvalue weighted by Crippen LogP contribution is -2.35. The van der Waals surface area contributed by atoms with Crippen molar-refractivity contribution < 1.29 is 13.2 Å². The fourth-order valence-corrected chi connectivity index (χ4v) is 4.84. The normalized spacial score (nSPS) is 17.2. The zero-order valence-corrected chi connectivity index (χ0v) is 16.1. The standard InChI is InChI=1S/C18H17BrF3N3S/c19-11-1-2-13-15(9-11)26-16-8-10(18(20,21)22)7-14(17(16)25-13)24-12-3-5-23-6-4-12/h1-2,7-9,12,23-25H,3-6H2. The van der Waals surface area contributed by atoms with E-state index in [0.29, 0.717) is 10.6 Å². The van der Waals surface area contributed by atoms with Crippen molar-refractivity contribution in [3.8, 4) is 0 Å². The molecule has 26 heavy (non-hydrogen) atoms. The van der Waals surface area contributed by atoms with E-state index in [9.17, 15) is 13.2 Å². The van der Waals surface area contributed by atoms with Gasteiger partial charge in [-0.05, 0) is 56.3 Å². The molecule has 0 spiro atoms. The Hall–Kier alpha value is -1.38. The minimum Gasteiger partial charge on any atom is -0.380 e. The highest BCUT2D eigenvalue weighted by molar-refractivity contribution is 9.10. The molecule has 2 aromatic carbocycles. The smallest absolute Gasteiger partial charge is 0.380 e. The lowest BCUT2D eigenvalue weighted by atomic mass is 10.0. The zero-order chi connectivity index (χ0) is 18.3. The van der Waals surface area contributed by atoms with Crippen LogP contribution in [0.4, 0.5) is 30.2 Å². The summed E-state index contributed by atoms with van der Waals surface area (Å²) in [6.07, 6.45) is -2.60. The molecule has 3 nitrogen and oxygen atoms in total. The lowest BCUT2D eigenvalue weighted by Gasteiger charge is -2.29. The maximum Gasteiger partial charge on any atom is 0.416 e. The molecule has 0 unspecified atom stereocenters. The monoisotopic (exact) mass is 443 g/mol. The van der Waals surface area contributed by atoms with Crippen molar-refractivity contribution in [2.75, 3.05) is 23.7 Å². The zero-order valence-electron chi connectivity index (χ0n) is 13.7. The van der Waals surface area contributed by atoms with Crippen LogP contribution in [0, 0.1) is 0 Å². The van der Waals surface area contributed by atoms with Crippen LogP contribution < -0.4 is 16.0 Å². The lowest BCUT2D eigenvalue weighted by molar-refractivity contribution is -0.137. The molecule has 2 heterocycles. The summed E-state index contributed by atoms with van der Waals surface area (Å²) in [6, 6.07) is 8.38. The van der Waals surface area contributed by atoms with Crippen molar-refractivity contribution in [2.45, 2.75) is 34.9 Å². The largest absolute Gasteiger partial charge is 0.416 e. The van der Waals surface area contributed by atoms with Gasteiger partial charge in [0.1, 0.15) is 0 Å². The fraction of sp³-hybridized carbons (Fsp3) is 0.333. The van der Waals surface area contributed by atoms with Crippen LogP contribution in [0.5, 0.6) is 0 Å². The maximum atomic E-state index is 13.4. The summed E-state index contributed by atoms with van der Waals surface area (Å²) in [6.45, 7) is 1.75. The van der Waals surface area contributed by atoms with Crippen molar-refractivity contribution in [3.05, 3.63) is 40.4 Å². The summed E-state index contributed by atoms with van der Waals surface area (Å²) in [4.78, 5) is 1.49. The Labute approximate surface area is 162 Å². The van der Waals surface area contributed by atoms with E-state index in [1.54, 1.807) is 0 Å². The second-order valence-corrected chi connectivity index (χ2v) is 8.43. The van der Waals surface area contributed by atoms with Gasteiger partial charge in [0.25, 0.3) is 0 Å². The molecule has 1 fully saturated rings. The Kier molecular flexibility index (Phi) is 4.83. The van der Waals surface area contributed by atoms with E-state index in [1.807, 2.05) is 18.2 Å². The maximum absolute atomic E-state index is 13.4. The van der Waals surface area contributed by atoms with E-state index in [2.05, 4.69) is 31.9 Å². The first-order chi connectivity index (χ1) is 12.4. The quantitative estimate of drug-likeness (QED) is 0.464. The van der Waals surface area contributed by atoms with Gasteiger partial charge in [0, 0.05) is 20.3 Å². The van der Waals surface area contributed by atoms with Gasteiger partial charge in [-0.2, -0.15) is 13.2 Å². The number of fused-ring (bicyclic) bond motifs is 2. The first kappa shape index (κ1) is 18.0. The second-order valence-electron chi connectivity index (χ2n) is 6.43. The van der Waals surface area contributed by atoms with Crippen LogP contribution in [-0.4, -0.2) is 19.1 Å². The molecule has 2 aliphatic heterocycles. The molecule has 0 aromatic heterocycles. The molecule has 0 amide bonds. The van der Waals surface area contributed by atoms with Gasteiger partial charge < -0.3 is 16.0 Å². The fourth-order valence-electron chi connectivity index (χ4n) is 3.23. The number of halogens is 4. The van der Waals surface area contributed by atoms with Crippen molar-refractivity contribution in [1.29, 1.82) is 0 Å². The van der Waals surface area contributed by atoms with E-state index in [-0.39, 0.29) is 6.04 Å². The highest BCUT2D eigenvalue weighted by atomic mass is 79.9. The molecule has 8 heteroatoms. The molecule has 2 aliphatic rings. The number of hydrogen-bond acceptors (Lipinski definition) is 4. The van der Waals surface area contributed by atoms with Crippen LogP contribution in [0.2, 0.25) is 0 Å². The van der Waals surface area contributed by atoms with Gasteiger partial charge in [-0.25, -0.2) is 0 Å². The summed E-state index contributed by atoms with van der Waals surface area (Å²) in [5.41, 5.74) is 1.51. The Morgan fingerprint density at radius 3 is 2.58 bits per heavy atom. The van der Waals surface area contributed by atoms with Crippen LogP contribution in [0.1, 0.15) is 18.4 Å². The van der Waals surface area contributed by atoms with Crippen LogP contribution >= 0.6 is 27.7 Å². The third-order valence-electron chi connectivity index (χ3n) is 4.55. The molecule has 0 bridgehead atoms. The first-order valence-corrected chi connectivity index (χ1v) is 9.98. The molecule has 0 aliphatic carbocycles. The Balaban J connectivity index is 1.74. The van der Waals surface area contributed by atoms with E-state index < -0.39 is 11.7 Å². The number of hydrogen-bond donors (Lipinski definition) is 3. The molecular weight excluding hydrogens is 427 g/mol. The van der Waals surface area contributed by atoms with Crippen molar-refractivity contribution in [1.82, 2.24) is 5.32 Å². The first-order valence-electron chi connectivity index (χ1n) is 8.37. The van der Waals surface area contributed by atoms with Crippen LogP contribution in [0.25, 0.3) is 0 Å². The third-order valence-corrected chi connectivity index (χ3v) is 6.14. The van der Waals surface area contributed by atoms with Gasteiger partial charge in [0.15, 0.2) is 0 Å². The molecule has 138 valence electrons. The number of nitrogens with one attached hydrogen (secondary N) is 3. The van der Waals surface area contributed by atoms with E-state index in [0.717, 1.165) is 46.7 Å². The minimum absolute atomic E-state index is 0.168. The number of rotatable bonds is 2. The highest BCUT2D eigenvalue weighted by Crippen LogP contribution is 2.50. The van der Waals surface area contributed by atoms with Gasteiger partial charge >= 0.3 is 6.18 Å². The Morgan fingerprint density at radius 2 is 1.85 bits per heavy atom.